The number of nitrogens with one attached hydrogen (secondary N) is 1. The van der Waals surface area contributed by atoms with Crippen LogP contribution >= 0.6 is 11.6 Å². The highest BCUT2D eigenvalue weighted by molar-refractivity contribution is 6.30. The van der Waals surface area contributed by atoms with Gasteiger partial charge in [0.15, 0.2) is 0 Å². The van der Waals surface area contributed by atoms with Crippen LogP contribution in [0.15, 0.2) is 35.0 Å². The van der Waals surface area contributed by atoms with E-state index in [1.54, 1.807) is 37.6 Å². The zero-order chi connectivity index (χ0) is 13.2. The topological polar surface area (TPSA) is 76.8 Å². The van der Waals surface area contributed by atoms with Gasteiger partial charge in [0.1, 0.15) is 11.4 Å². The van der Waals surface area contributed by atoms with Gasteiger partial charge in [-0.25, -0.2) is 0 Å². The molecule has 0 aliphatic heterocycles. The molecule has 0 aliphatic carbocycles. The monoisotopic (exact) mass is 276 g/mol. The second kappa shape index (κ2) is 4.74. The van der Waals surface area contributed by atoms with E-state index >= 15 is 0 Å². The number of aromatic amines is 1. The van der Waals surface area contributed by atoms with Crippen LogP contribution in [0.5, 0.6) is 5.75 Å². The summed E-state index contributed by atoms with van der Waals surface area (Å²) < 4.78 is 10.4. The number of methoxy groups -OCH3 is 1. The average molecular weight is 277 g/mol. The number of benzene rings is 1. The van der Waals surface area contributed by atoms with Crippen molar-refractivity contribution >= 4 is 11.6 Å². The number of ether oxygens (including phenoxy) is 1. The average Bonchev–Trinajstić information content (AvgIpc) is 3.09. The van der Waals surface area contributed by atoms with Gasteiger partial charge in [0.2, 0.25) is 5.82 Å². The minimum atomic E-state index is 0.356. The number of H-pyrrole nitrogens is 1. The SMILES string of the molecule is COc1ccc(Cl)cc1-c1noc(-c2ccn[nH]2)n1. The van der Waals surface area contributed by atoms with Gasteiger partial charge in [-0.15, -0.1) is 0 Å². The van der Waals surface area contributed by atoms with Crippen molar-refractivity contribution in [2.75, 3.05) is 7.11 Å². The van der Waals surface area contributed by atoms with Crippen LogP contribution in [-0.4, -0.2) is 27.4 Å². The molecule has 0 atom stereocenters. The van der Waals surface area contributed by atoms with Gasteiger partial charge in [-0.05, 0) is 24.3 Å². The number of hydrogen-bond acceptors (Lipinski definition) is 5. The van der Waals surface area contributed by atoms with Gasteiger partial charge in [-0.2, -0.15) is 10.1 Å². The van der Waals surface area contributed by atoms with Crippen molar-refractivity contribution in [1.29, 1.82) is 0 Å². The van der Waals surface area contributed by atoms with E-state index in [0.29, 0.717) is 33.7 Å². The van der Waals surface area contributed by atoms with E-state index < -0.39 is 0 Å². The molecule has 1 aromatic carbocycles. The Morgan fingerprint density at radius 3 is 2.95 bits per heavy atom. The molecule has 0 bridgehead atoms. The van der Waals surface area contributed by atoms with Crippen molar-refractivity contribution in [2.45, 2.75) is 0 Å². The zero-order valence-corrected chi connectivity index (χ0v) is 10.7. The highest BCUT2D eigenvalue weighted by atomic mass is 35.5. The second-order valence-corrected chi connectivity index (χ2v) is 4.17. The molecule has 0 aliphatic rings. The minimum Gasteiger partial charge on any atom is -0.496 e. The molecular weight excluding hydrogens is 268 g/mol. The van der Waals surface area contributed by atoms with E-state index in [1.807, 2.05) is 0 Å². The predicted octanol–water partition coefficient (Wildman–Crippen LogP) is 2.79. The summed E-state index contributed by atoms with van der Waals surface area (Å²) in [5.74, 6) is 1.39. The van der Waals surface area contributed by atoms with Crippen LogP contribution < -0.4 is 4.74 Å². The van der Waals surface area contributed by atoms with E-state index in [-0.39, 0.29) is 0 Å². The first-order valence-electron chi connectivity index (χ1n) is 5.45. The standard InChI is InChI=1S/C12H9ClN4O2/c1-18-10-3-2-7(13)6-8(10)11-15-12(19-17-11)9-4-5-14-16-9/h2-6H,1H3,(H,14,16). The fourth-order valence-electron chi connectivity index (χ4n) is 1.67. The Morgan fingerprint density at radius 2 is 2.21 bits per heavy atom. The zero-order valence-electron chi connectivity index (χ0n) is 9.92. The summed E-state index contributed by atoms with van der Waals surface area (Å²) in [5.41, 5.74) is 1.32. The van der Waals surface area contributed by atoms with Gasteiger partial charge < -0.3 is 9.26 Å². The number of nitrogens with zero attached hydrogens (tertiary/aromatic N) is 3. The summed E-state index contributed by atoms with van der Waals surface area (Å²) in [4.78, 5) is 4.29. The Kier molecular flexibility index (Phi) is 2.92. The summed E-state index contributed by atoms with van der Waals surface area (Å²) in [6.45, 7) is 0. The third-order valence-corrected chi connectivity index (χ3v) is 2.79. The van der Waals surface area contributed by atoms with Crippen LogP contribution in [0, 0.1) is 0 Å². The maximum Gasteiger partial charge on any atom is 0.276 e. The molecule has 0 amide bonds. The lowest BCUT2D eigenvalue weighted by atomic mass is 10.2. The fourth-order valence-corrected chi connectivity index (χ4v) is 1.84. The van der Waals surface area contributed by atoms with E-state index in [1.165, 1.54) is 0 Å². The van der Waals surface area contributed by atoms with Crippen molar-refractivity contribution in [1.82, 2.24) is 20.3 Å². The van der Waals surface area contributed by atoms with Crippen molar-refractivity contribution in [3.63, 3.8) is 0 Å². The summed E-state index contributed by atoms with van der Waals surface area (Å²) in [6.07, 6.45) is 1.61. The first-order valence-corrected chi connectivity index (χ1v) is 5.83. The van der Waals surface area contributed by atoms with Crippen molar-refractivity contribution in [2.24, 2.45) is 0 Å². The highest BCUT2D eigenvalue weighted by Gasteiger charge is 2.15. The predicted molar refractivity (Wildman–Crippen MR) is 68.9 cm³/mol. The normalized spacial score (nSPS) is 10.6. The molecule has 6 nitrogen and oxygen atoms in total. The molecular formula is C12H9ClN4O2. The molecule has 3 aromatic rings. The van der Waals surface area contributed by atoms with Gasteiger partial charge >= 0.3 is 0 Å². The number of rotatable bonds is 3. The number of halogens is 1. The first-order chi connectivity index (χ1) is 9.28. The van der Waals surface area contributed by atoms with Gasteiger partial charge in [-0.3, -0.25) is 5.10 Å². The summed E-state index contributed by atoms with van der Waals surface area (Å²) in [6, 6.07) is 6.96. The van der Waals surface area contributed by atoms with Crippen LogP contribution in [0.25, 0.3) is 23.0 Å². The molecule has 0 fully saturated rings. The van der Waals surface area contributed by atoms with Gasteiger partial charge in [-0.1, -0.05) is 16.8 Å². The van der Waals surface area contributed by atoms with Crippen molar-refractivity contribution in [3.8, 4) is 28.7 Å². The lowest BCUT2D eigenvalue weighted by Gasteiger charge is -2.04. The molecule has 1 N–H and O–H groups in total. The quantitative estimate of drug-likeness (QED) is 0.796. The molecule has 0 radical (unpaired) electrons. The first kappa shape index (κ1) is 11.7. The highest BCUT2D eigenvalue weighted by Crippen LogP contribution is 2.31. The lowest BCUT2D eigenvalue weighted by Crippen LogP contribution is -1.89. The van der Waals surface area contributed by atoms with Crippen LogP contribution in [0.4, 0.5) is 0 Å². The number of hydrogen-bond donors (Lipinski definition) is 1. The summed E-state index contributed by atoms with van der Waals surface area (Å²) >= 11 is 5.97. The Labute approximate surface area is 113 Å². The lowest BCUT2D eigenvalue weighted by molar-refractivity contribution is 0.413. The summed E-state index contributed by atoms with van der Waals surface area (Å²) in [7, 11) is 1.57. The molecule has 0 saturated carbocycles. The van der Waals surface area contributed by atoms with Crippen LogP contribution in [-0.2, 0) is 0 Å². The summed E-state index contributed by atoms with van der Waals surface area (Å²) in [5, 5.41) is 11.1. The number of aromatic nitrogens is 4. The Bertz CT molecular complexity index is 694. The molecule has 0 unspecified atom stereocenters. The van der Waals surface area contributed by atoms with E-state index in [2.05, 4.69) is 20.3 Å². The third-order valence-electron chi connectivity index (χ3n) is 2.56. The van der Waals surface area contributed by atoms with Gasteiger partial charge in [0.05, 0.1) is 12.7 Å². The smallest absolute Gasteiger partial charge is 0.276 e. The third kappa shape index (κ3) is 2.17. The van der Waals surface area contributed by atoms with Crippen molar-refractivity contribution < 1.29 is 9.26 Å². The second-order valence-electron chi connectivity index (χ2n) is 3.74. The van der Waals surface area contributed by atoms with E-state index in [9.17, 15) is 0 Å². The van der Waals surface area contributed by atoms with Crippen LogP contribution in [0.1, 0.15) is 0 Å². The molecule has 3 rings (SSSR count). The molecule has 2 aromatic heterocycles. The molecule has 7 heteroatoms. The Hall–Kier alpha value is -2.34. The van der Waals surface area contributed by atoms with E-state index in [4.69, 9.17) is 20.9 Å². The molecule has 0 spiro atoms. The van der Waals surface area contributed by atoms with Crippen molar-refractivity contribution in [3.05, 3.63) is 35.5 Å². The minimum absolute atomic E-state index is 0.356. The Balaban J connectivity index is 2.06. The molecule has 96 valence electrons. The Morgan fingerprint density at radius 1 is 1.32 bits per heavy atom. The molecule has 0 saturated heterocycles. The maximum atomic E-state index is 5.97. The van der Waals surface area contributed by atoms with E-state index in [0.717, 1.165) is 0 Å². The van der Waals surface area contributed by atoms with Crippen LogP contribution in [0.2, 0.25) is 5.02 Å². The molecule has 2 heterocycles. The fraction of sp³-hybridized carbons (Fsp3) is 0.0833. The largest absolute Gasteiger partial charge is 0.496 e. The van der Waals surface area contributed by atoms with Gasteiger partial charge in [0, 0.05) is 11.2 Å². The van der Waals surface area contributed by atoms with Gasteiger partial charge in [0.25, 0.3) is 5.89 Å². The molecule has 19 heavy (non-hydrogen) atoms. The maximum absolute atomic E-state index is 5.97. The van der Waals surface area contributed by atoms with Crippen LogP contribution in [0.3, 0.4) is 0 Å².